The summed E-state index contributed by atoms with van der Waals surface area (Å²) in [5.74, 6) is -4.08. The van der Waals surface area contributed by atoms with Gasteiger partial charge in [-0.3, -0.25) is 19.2 Å². The van der Waals surface area contributed by atoms with E-state index in [9.17, 15) is 19.2 Å². The summed E-state index contributed by atoms with van der Waals surface area (Å²) in [6.07, 6.45) is -0.908. The summed E-state index contributed by atoms with van der Waals surface area (Å²) in [6, 6.07) is 21.2. The lowest BCUT2D eigenvalue weighted by Crippen LogP contribution is -2.51. The fraction of sp³-hybridized carbons (Fsp3) is 0.267. The van der Waals surface area contributed by atoms with Crippen molar-refractivity contribution in [3.63, 3.8) is 0 Å². The van der Waals surface area contributed by atoms with E-state index < -0.39 is 46.9 Å². The molecule has 2 amide bonds. The first-order chi connectivity index (χ1) is 17.3. The molecular formula is C30H25NO5. The predicted octanol–water partition coefficient (Wildman–Crippen LogP) is 4.81. The molecule has 6 rings (SSSR count). The predicted molar refractivity (Wildman–Crippen MR) is 133 cm³/mol. The van der Waals surface area contributed by atoms with Gasteiger partial charge in [0.1, 0.15) is 0 Å². The maximum absolute atomic E-state index is 14.0. The number of carbonyl (C=O) groups excluding carboxylic acids is 4. The number of benzene rings is 3. The molecule has 2 saturated heterocycles. The fourth-order valence-electron chi connectivity index (χ4n) is 5.84. The molecule has 36 heavy (non-hydrogen) atoms. The second kappa shape index (κ2) is 7.80. The highest BCUT2D eigenvalue weighted by atomic mass is 16.5. The van der Waals surface area contributed by atoms with E-state index in [1.807, 2.05) is 43.3 Å². The summed E-state index contributed by atoms with van der Waals surface area (Å²) in [4.78, 5) is 56.6. The number of anilines is 1. The zero-order chi connectivity index (χ0) is 25.4. The molecule has 0 saturated carbocycles. The Labute approximate surface area is 208 Å². The van der Waals surface area contributed by atoms with Crippen molar-refractivity contribution < 1.29 is 23.9 Å². The number of amides is 2. The SMILES string of the molecule is Cc1ccc([C@H]2OC3(C(=O)c4ccccc4C3=O)[C@H]3C(=O)N(c4ccc(C(C)C)cc4)C(=O)[C@@H]23)cc1. The largest absolute Gasteiger partial charge is 0.349 e. The lowest BCUT2D eigenvalue weighted by atomic mass is 9.77. The van der Waals surface area contributed by atoms with Crippen LogP contribution in [-0.2, 0) is 14.3 Å². The zero-order valence-corrected chi connectivity index (χ0v) is 20.2. The molecule has 0 aromatic heterocycles. The Kier molecular flexibility index (Phi) is 4.89. The second-order valence-electron chi connectivity index (χ2n) is 10.2. The smallest absolute Gasteiger partial charge is 0.241 e. The molecule has 3 aromatic carbocycles. The molecule has 2 heterocycles. The van der Waals surface area contributed by atoms with Crippen LogP contribution in [-0.4, -0.2) is 29.0 Å². The standard InChI is InChI=1S/C30H25NO5/c1-16(2)18-12-14-20(15-13-18)31-28(34)23-24(29(31)35)30(36-25(23)19-10-8-17(3)9-11-19)26(32)21-6-4-5-7-22(21)27(30)33/h4-16,23-25H,1-3H3/t23-,24-,25-/m1/s1. The maximum atomic E-state index is 14.0. The molecule has 1 spiro atoms. The van der Waals surface area contributed by atoms with Crippen molar-refractivity contribution in [2.75, 3.05) is 4.90 Å². The van der Waals surface area contributed by atoms with E-state index in [1.165, 1.54) is 0 Å². The van der Waals surface area contributed by atoms with Gasteiger partial charge in [-0.2, -0.15) is 0 Å². The number of carbonyl (C=O) groups is 4. The number of hydrogen-bond donors (Lipinski definition) is 0. The van der Waals surface area contributed by atoms with Crippen LogP contribution >= 0.6 is 0 Å². The van der Waals surface area contributed by atoms with Crippen LogP contribution in [0.5, 0.6) is 0 Å². The minimum atomic E-state index is -2.05. The topological polar surface area (TPSA) is 80.8 Å². The first kappa shape index (κ1) is 22.6. The highest BCUT2D eigenvalue weighted by Gasteiger charge is 2.74. The number of rotatable bonds is 3. The van der Waals surface area contributed by atoms with Gasteiger partial charge in [0.15, 0.2) is 0 Å². The van der Waals surface area contributed by atoms with Crippen LogP contribution in [0.15, 0.2) is 72.8 Å². The van der Waals surface area contributed by atoms with Crippen LogP contribution in [0.1, 0.15) is 63.3 Å². The molecule has 3 aromatic rings. The first-order valence-electron chi connectivity index (χ1n) is 12.2. The van der Waals surface area contributed by atoms with Gasteiger partial charge in [0.2, 0.25) is 29.0 Å². The third-order valence-corrected chi connectivity index (χ3v) is 7.74. The Morgan fingerprint density at radius 2 is 1.36 bits per heavy atom. The van der Waals surface area contributed by atoms with Crippen molar-refractivity contribution in [3.05, 3.63) is 101 Å². The van der Waals surface area contributed by atoms with E-state index in [0.717, 1.165) is 16.0 Å². The van der Waals surface area contributed by atoms with Gasteiger partial charge in [-0.1, -0.05) is 80.1 Å². The lowest BCUT2D eigenvalue weighted by molar-refractivity contribution is -0.127. The van der Waals surface area contributed by atoms with Crippen molar-refractivity contribution in [2.45, 2.75) is 38.4 Å². The molecule has 180 valence electrons. The van der Waals surface area contributed by atoms with Gasteiger partial charge in [-0.25, -0.2) is 4.90 Å². The lowest BCUT2D eigenvalue weighted by Gasteiger charge is -2.27. The highest BCUT2D eigenvalue weighted by Crippen LogP contribution is 2.57. The van der Waals surface area contributed by atoms with Crippen molar-refractivity contribution in [1.82, 2.24) is 0 Å². The van der Waals surface area contributed by atoms with Gasteiger partial charge >= 0.3 is 0 Å². The van der Waals surface area contributed by atoms with Gasteiger partial charge in [0.05, 0.1) is 23.6 Å². The van der Waals surface area contributed by atoms with Crippen LogP contribution in [0.3, 0.4) is 0 Å². The summed E-state index contributed by atoms with van der Waals surface area (Å²) in [5, 5.41) is 0. The van der Waals surface area contributed by atoms with Crippen LogP contribution in [0.4, 0.5) is 5.69 Å². The fourth-order valence-corrected chi connectivity index (χ4v) is 5.84. The quantitative estimate of drug-likeness (QED) is 0.398. The Bertz CT molecular complexity index is 1400. The average Bonchev–Trinajstić information content (AvgIpc) is 3.44. The summed E-state index contributed by atoms with van der Waals surface area (Å²) in [6.45, 7) is 6.07. The molecule has 3 atom stereocenters. The monoisotopic (exact) mass is 479 g/mol. The van der Waals surface area contributed by atoms with Crippen molar-refractivity contribution in [2.24, 2.45) is 11.8 Å². The molecule has 0 unspecified atom stereocenters. The summed E-state index contributed by atoms with van der Waals surface area (Å²) in [7, 11) is 0. The van der Waals surface area contributed by atoms with E-state index in [4.69, 9.17) is 4.74 Å². The molecule has 2 aliphatic heterocycles. The van der Waals surface area contributed by atoms with E-state index in [-0.39, 0.29) is 11.1 Å². The van der Waals surface area contributed by atoms with Crippen LogP contribution in [0.2, 0.25) is 0 Å². The number of Topliss-reactive ketones (excluding diaryl/α,β-unsaturated/α-hetero) is 2. The highest BCUT2D eigenvalue weighted by molar-refractivity contribution is 6.37. The number of aryl methyl sites for hydroxylation is 1. The van der Waals surface area contributed by atoms with Crippen LogP contribution in [0, 0.1) is 18.8 Å². The normalized spacial score (nSPS) is 24.2. The Morgan fingerprint density at radius 3 is 1.92 bits per heavy atom. The van der Waals surface area contributed by atoms with Gasteiger partial charge in [-0.15, -0.1) is 0 Å². The number of hydrogen-bond acceptors (Lipinski definition) is 5. The molecule has 0 N–H and O–H groups in total. The Morgan fingerprint density at radius 1 is 0.778 bits per heavy atom. The van der Waals surface area contributed by atoms with E-state index in [0.29, 0.717) is 17.2 Å². The van der Waals surface area contributed by atoms with Crippen LogP contribution < -0.4 is 4.90 Å². The van der Waals surface area contributed by atoms with Gasteiger partial charge in [0, 0.05) is 11.1 Å². The minimum Gasteiger partial charge on any atom is -0.349 e. The third kappa shape index (κ3) is 2.88. The van der Waals surface area contributed by atoms with Crippen molar-refractivity contribution in [1.29, 1.82) is 0 Å². The summed E-state index contributed by atoms with van der Waals surface area (Å²) in [5.41, 5.74) is 1.58. The molecule has 3 aliphatic rings. The van der Waals surface area contributed by atoms with E-state index in [1.54, 1.807) is 36.4 Å². The number of fused-ring (bicyclic) bond motifs is 3. The van der Waals surface area contributed by atoms with Gasteiger partial charge in [0.25, 0.3) is 0 Å². The first-order valence-corrected chi connectivity index (χ1v) is 12.2. The van der Waals surface area contributed by atoms with Crippen LogP contribution in [0.25, 0.3) is 0 Å². The summed E-state index contributed by atoms with van der Waals surface area (Å²) < 4.78 is 6.32. The molecule has 6 nitrogen and oxygen atoms in total. The molecule has 6 heteroatoms. The molecular weight excluding hydrogens is 454 g/mol. The number of nitrogens with zero attached hydrogens (tertiary/aromatic N) is 1. The second-order valence-corrected chi connectivity index (χ2v) is 10.2. The number of ether oxygens (including phenoxy) is 1. The van der Waals surface area contributed by atoms with Crippen molar-refractivity contribution >= 4 is 29.1 Å². The number of ketones is 2. The van der Waals surface area contributed by atoms with Gasteiger partial charge in [-0.05, 0) is 36.1 Å². The average molecular weight is 480 g/mol. The van der Waals surface area contributed by atoms with Gasteiger partial charge < -0.3 is 4.74 Å². The zero-order valence-electron chi connectivity index (χ0n) is 20.2. The Hall–Kier alpha value is -3.90. The molecule has 2 fully saturated rings. The third-order valence-electron chi connectivity index (χ3n) is 7.74. The molecule has 0 radical (unpaired) electrons. The molecule has 0 bridgehead atoms. The van der Waals surface area contributed by atoms with E-state index >= 15 is 0 Å². The number of imide groups is 1. The molecule has 1 aliphatic carbocycles. The van der Waals surface area contributed by atoms with E-state index in [2.05, 4.69) is 13.8 Å². The summed E-state index contributed by atoms with van der Waals surface area (Å²) >= 11 is 0. The van der Waals surface area contributed by atoms with Crippen molar-refractivity contribution in [3.8, 4) is 0 Å². The maximum Gasteiger partial charge on any atom is 0.241 e. The minimum absolute atomic E-state index is 0.228. The Balaban J connectivity index is 1.51.